The molecule has 1 unspecified atom stereocenters. The van der Waals surface area contributed by atoms with Gasteiger partial charge in [0.25, 0.3) is 0 Å². The van der Waals surface area contributed by atoms with Crippen molar-refractivity contribution in [1.29, 1.82) is 0 Å². The van der Waals surface area contributed by atoms with E-state index in [0.717, 1.165) is 11.4 Å². The number of hydrogen-bond acceptors (Lipinski definition) is 3. The molecule has 0 aliphatic heterocycles. The lowest BCUT2D eigenvalue weighted by Gasteiger charge is -2.13. The summed E-state index contributed by atoms with van der Waals surface area (Å²) in [5, 5.41) is 6.16. The van der Waals surface area contributed by atoms with Gasteiger partial charge in [0, 0.05) is 11.7 Å². The molecule has 4 nitrogen and oxygen atoms in total. The van der Waals surface area contributed by atoms with Gasteiger partial charge >= 0.3 is 0 Å². The Morgan fingerprint density at radius 2 is 2.00 bits per heavy atom. The number of rotatable bonds is 6. The second kappa shape index (κ2) is 7.36. The molecular weight excluding hydrogens is 264 g/mol. The summed E-state index contributed by atoms with van der Waals surface area (Å²) in [5.41, 5.74) is 0.799. The van der Waals surface area contributed by atoms with E-state index in [1.807, 2.05) is 38.1 Å². The molecule has 2 N–H and O–H groups in total. The van der Waals surface area contributed by atoms with Gasteiger partial charge in [-0.25, -0.2) is 0 Å². The number of carbonyl (C=O) groups is 1. The van der Waals surface area contributed by atoms with Crippen LogP contribution < -0.4 is 15.4 Å². The molecule has 0 spiro atoms. The van der Waals surface area contributed by atoms with Crippen LogP contribution in [0, 0.1) is 0 Å². The second-order valence-corrected chi connectivity index (χ2v) is 4.61. The summed E-state index contributed by atoms with van der Waals surface area (Å²) in [5.74, 6) is 0.825. The maximum Gasteiger partial charge on any atom is 0.241 e. The summed E-state index contributed by atoms with van der Waals surface area (Å²) >= 11 is 0. The summed E-state index contributed by atoms with van der Waals surface area (Å²) < 4.78 is 5.35. The molecule has 1 aromatic carbocycles. The summed E-state index contributed by atoms with van der Waals surface area (Å²) in [7, 11) is 0. The van der Waals surface area contributed by atoms with Crippen molar-refractivity contribution in [3.63, 3.8) is 0 Å². The van der Waals surface area contributed by atoms with Gasteiger partial charge in [0.15, 0.2) is 0 Å². The van der Waals surface area contributed by atoms with E-state index < -0.39 is 0 Å². The minimum Gasteiger partial charge on any atom is -0.494 e. The number of halogens is 1. The molecule has 1 atom stereocenters. The molecule has 106 valence electrons. The lowest BCUT2D eigenvalue weighted by atomic mass is 10.2. The van der Waals surface area contributed by atoms with Crippen molar-refractivity contribution < 1.29 is 9.53 Å². The van der Waals surface area contributed by atoms with Crippen molar-refractivity contribution in [2.75, 3.05) is 11.9 Å². The third kappa shape index (κ3) is 5.09. The van der Waals surface area contributed by atoms with Crippen LogP contribution in [-0.4, -0.2) is 24.6 Å². The van der Waals surface area contributed by atoms with Gasteiger partial charge in [0.05, 0.1) is 12.6 Å². The quantitative estimate of drug-likeness (QED) is 0.844. The Hall–Kier alpha value is -1.26. The standard InChI is InChI=1S/C14H20N2O2.ClH/c1-3-18-13-8-6-12(7-9-13)16-14(17)10(2)15-11-4-5-11;/h6-11,15H,3-5H2,1-2H3,(H,16,17);1H. The maximum absolute atomic E-state index is 11.9. The van der Waals surface area contributed by atoms with E-state index in [9.17, 15) is 4.79 Å². The first-order valence-corrected chi connectivity index (χ1v) is 6.49. The molecule has 1 aliphatic rings. The third-order valence-electron chi connectivity index (χ3n) is 2.89. The Morgan fingerprint density at radius 1 is 1.37 bits per heavy atom. The van der Waals surface area contributed by atoms with Crippen LogP contribution in [0.1, 0.15) is 26.7 Å². The van der Waals surface area contributed by atoms with E-state index in [2.05, 4.69) is 10.6 Å². The fourth-order valence-electron chi connectivity index (χ4n) is 1.73. The van der Waals surface area contributed by atoms with Crippen LogP contribution in [0.15, 0.2) is 24.3 Å². The molecule has 5 heteroatoms. The number of amides is 1. The molecule has 1 saturated carbocycles. The number of carbonyl (C=O) groups excluding carboxylic acids is 1. The maximum atomic E-state index is 11.9. The highest BCUT2D eigenvalue weighted by molar-refractivity contribution is 5.94. The van der Waals surface area contributed by atoms with Gasteiger partial charge in [-0.2, -0.15) is 0 Å². The predicted molar refractivity (Wildman–Crippen MR) is 79.1 cm³/mol. The summed E-state index contributed by atoms with van der Waals surface area (Å²) in [6.07, 6.45) is 2.36. The fourth-order valence-corrected chi connectivity index (χ4v) is 1.73. The molecule has 0 aromatic heterocycles. The van der Waals surface area contributed by atoms with Crippen molar-refractivity contribution in [3.8, 4) is 5.75 Å². The van der Waals surface area contributed by atoms with Gasteiger partial charge in [-0.1, -0.05) is 0 Å². The van der Waals surface area contributed by atoms with Crippen LogP contribution in [0.25, 0.3) is 0 Å². The van der Waals surface area contributed by atoms with Gasteiger partial charge in [-0.3, -0.25) is 4.79 Å². The van der Waals surface area contributed by atoms with Crippen LogP contribution in [0.5, 0.6) is 5.75 Å². The van der Waals surface area contributed by atoms with Crippen LogP contribution in [0.4, 0.5) is 5.69 Å². The smallest absolute Gasteiger partial charge is 0.241 e. The number of benzene rings is 1. The fraction of sp³-hybridized carbons (Fsp3) is 0.500. The highest BCUT2D eigenvalue weighted by Crippen LogP contribution is 2.20. The molecule has 0 heterocycles. The minimum absolute atomic E-state index is 0. The number of hydrogen-bond donors (Lipinski definition) is 2. The molecule has 2 rings (SSSR count). The zero-order valence-electron chi connectivity index (χ0n) is 11.3. The van der Waals surface area contributed by atoms with E-state index in [1.54, 1.807) is 0 Å². The van der Waals surface area contributed by atoms with Crippen molar-refractivity contribution in [1.82, 2.24) is 5.32 Å². The largest absolute Gasteiger partial charge is 0.494 e. The molecule has 1 aliphatic carbocycles. The molecular formula is C14H21ClN2O2. The Balaban J connectivity index is 0.00000180. The van der Waals surface area contributed by atoms with Gasteiger partial charge in [0.2, 0.25) is 5.91 Å². The van der Waals surface area contributed by atoms with Gasteiger partial charge < -0.3 is 15.4 Å². The van der Waals surface area contributed by atoms with Crippen molar-refractivity contribution in [3.05, 3.63) is 24.3 Å². The lowest BCUT2D eigenvalue weighted by Crippen LogP contribution is -2.39. The highest BCUT2D eigenvalue weighted by atomic mass is 35.5. The molecule has 0 radical (unpaired) electrons. The topological polar surface area (TPSA) is 50.4 Å². The number of ether oxygens (including phenoxy) is 1. The van der Waals surface area contributed by atoms with Gasteiger partial charge in [-0.05, 0) is 51.0 Å². The number of nitrogens with one attached hydrogen (secondary N) is 2. The Labute approximate surface area is 120 Å². The minimum atomic E-state index is -0.149. The predicted octanol–water partition coefficient (Wildman–Crippen LogP) is 2.59. The van der Waals surface area contributed by atoms with Crippen molar-refractivity contribution in [2.24, 2.45) is 0 Å². The van der Waals surface area contributed by atoms with E-state index in [-0.39, 0.29) is 24.4 Å². The summed E-state index contributed by atoms with van der Waals surface area (Å²) in [6.45, 7) is 4.48. The molecule has 1 aromatic rings. The first-order valence-electron chi connectivity index (χ1n) is 6.49. The van der Waals surface area contributed by atoms with E-state index in [1.165, 1.54) is 12.8 Å². The normalized spacial score (nSPS) is 15.3. The van der Waals surface area contributed by atoms with E-state index in [4.69, 9.17) is 4.74 Å². The zero-order chi connectivity index (χ0) is 13.0. The third-order valence-corrected chi connectivity index (χ3v) is 2.89. The first-order chi connectivity index (χ1) is 8.69. The SMILES string of the molecule is CCOc1ccc(NC(=O)C(C)NC2CC2)cc1.Cl. The molecule has 0 bridgehead atoms. The molecule has 0 saturated heterocycles. The van der Waals surface area contributed by atoms with Crippen molar-refractivity contribution in [2.45, 2.75) is 38.8 Å². The molecule has 1 amide bonds. The van der Waals surface area contributed by atoms with Gasteiger partial charge in [0.1, 0.15) is 5.75 Å². The lowest BCUT2D eigenvalue weighted by molar-refractivity contribution is -0.117. The van der Waals surface area contributed by atoms with Gasteiger partial charge in [-0.15, -0.1) is 12.4 Å². The Kier molecular flexibility index (Phi) is 6.12. The molecule has 19 heavy (non-hydrogen) atoms. The van der Waals surface area contributed by atoms with Crippen LogP contribution >= 0.6 is 12.4 Å². The summed E-state index contributed by atoms with van der Waals surface area (Å²) in [4.78, 5) is 11.9. The Bertz CT molecular complexity index is 404. The molecule has 1 fully saturated rings. The van der Waals surface area contributed by atoms with E-state index in [0.29, 0.717) is 12.6 Å². The summed E-state index contributed by atoms with van der Waals surface area (Å²) in [6, 6.07) is 7.81. The van der Waals surface area contributed by atoms with Crippen LogP contribution in [0.2, 0.25) is 0 Å². The first kappa shape index (κ1) is 15.8. The van der Waals surface area contributed by atoms with Crippen molar-refractivity contribution >= 4 is 24.0 Å². The highest BCUT2D eigenvalue weighted by Gasteiger charge is 2.25. The second-order valence-electron chi connectivity index (χ2n) is 4.61. The Morgan fingerprint density at radius 3 is 2.53 bits per heavy atom. The number of anilines is 1. The monoisotopic (exact) mass is 284 g/mol. The average Bonchev–Trinajstić information content (AvgIpc) is 3.16. The van der Waals surface area contributed by atoms with E-state index >= 15 is 0 Å². The average molecular weight is 285 g/mol. The van der Waals surface area contributed by atoms with Crippen LogP contribution in [0.3, 0.4) is 0 Å². The van der Waals surface area contributed by atoms with Crippen LogP contribution in [-0.2, 0) is 4.79 Å². The zero-order valence-corrected chi connectivity index (χ0v) is 12.1.